The lowest BCUT2D eigenvalue weighted by Crippen LogP contribution is -2.44. The Balaban J connectivity index is 1.91. The van der Waals surface area contributed by atoms with Gasteiger partial charge in [-0.2, -0.15) is 13.2 Å². The van der Waals surface area contributed by atoms with Crippen LogP contribution in [0.4, 0.5) is 24.5 Å². The van der Waals surface area contributed by atoms with Crippen molar-refractivity contribution in [2.75, 3.05) is 50.0 Å². The predicted octanol–water partition coefficient (Wildman–Crippen LogP) is 4.28. The van der Waals surface area contributed by atoms with Crippen molar-refractivity contribution < 1.29 is 27.8 Å². The van der Waals surface area contributed by atoms with Gasteiger partial charge in [-0.25, -0.2) is 4.79 Å². The largest absolute Gasteiger partial charge is 0.496 e. The molecule has 6 nitrogen and oxygen atoms in total. The second kappa shape index (κ2) is 9.05. The Kier molecular flexibility index (Phi) is 6.67. The molecule has 0 spiro atoms. The minimum atomic E-state index is -4.47. The number of carbonyl (C=O) groups is 1. The molecule has 0 bridgehead atoms. The highest BCUT2D eigenvalue weighted by molar-refractivity contribution is 8.00. The van der Waals surface area contributed by atoms with E-state index in [-0.39, 0.29) is 5.56 Å². The molecular weight excluding hydrogens is 419 g/mol. The Labute approximate surface area is 176 Å². The van der Waals surface area contributed by atoms with E-state index in [9.17, 15) is 23.1 Å². The third-order valence-corrected chi connectivity index (χ3v) is 5.71. The Morgan fingerprint density at radius 1 is 1.13 bits per heavy atom. The van der Waals surface area contributed by atoms with E-state index in [0.717, 1.165) is 37.2 Å². The molecule has 0 aromatic heterocycles. The van der Waals surface area contributed by atoms with E-state index in [1.54, 1.807) is 0 Å². The lowest BCUT2D eigenvalue weighted by Gasteiger charge is -2.35. The highest BCUT2D eigenvalue weighted by Crippen LogP contribution is 2.39. The molecule has 2 aromatic carbocycles. The van der Waals surface area contributed by atoms with E-state index >= 15 is 0 Å². The Morgan fingerprint density at radius 3 is 2.43 bits per heavy atom. The Morgan fingerprint density at radius 2 is 1.83 bits per heavy atom. The number of aromatic carboxylic acids is 1. The number of piperazine rings is 1. The van der Waals surface area contributed by atoms with E-state index < -0.39 is 17.7 Å². The average molecular weight is 441 g/mol. The summed E-state index contributed by atoms with van der Waals surface area (Å²) in [5, 5.41) is 9.21. The summed E-state index contributed by atoms with van der Waals surface area (Å²) in [5.41, 5.74) is 0.275. The van der Waals surface area contributed by atoms with E-state index in [1.807, 2.05) is 11.9 Å². The summed E-state index contributed by atoms with van der Waals surface area (Å²) in [7, 11) is 3.45. The van der Waals surface area contributed by atoms with Crippen LogP contribution >= 0.6 is 11.9 Å². The molecular formula is C20H22F3N3O3S. The number of nitrogens with one attached hydrogen (secondary N) is 1. The van der Waals surface area contributed by atoms with Gasteiger partial charge in [-0.3, -0.25) is 0 Å². The molecule has 3 rings (SSSR count). The van der Waals surface area contributed by atoms with Crippen molar-refractivity contribution >= 4 is 29.3 Å². The van der Waals surface area contributed by atoms with Crippen LogP contribution in [0.25, 0.3) is 0 Å². The second-order valence-corrected chi connectivity index (χ2v) is 7.74. The summed E-state index contributed by atoms with van der Waals surface area (Å²) in [6, 6.07) is 7.97. The van der Waals surface area contributed by atoms with Gasteiger partial charge in [-0.05, 0) is 55.4 Å². The third-order valence-electron chi connectivity index (χ3n) is 4.85. The number of methoxy groups -OCH3 is 1. The SMILES string of the molecule is COc1ccc(C(=O)O)cc1SNc1cc(C(F)(F)F)ccc1N1CCN(C)CC1. The van der Waals surface area contributed by atoms with Crippen molar-refractivity contribution in [3.05, 3.63) is 47.5 Å². The second-order valence-electron chi connectivity index (χ2n) is 6.89. The number of carboxylic acid groups (broad SMARTS) is 1. The number of ether oxygens (including phenoxy) is 1. The Bertz CT molecular complexity index is 916. The summed E-state index contributed by atoms with van der Waals surface area (Å²) in [6.07, 6.45) is -4.47. The molecule has 2 N–H and O–H groups in total. The van der Waals surface area contributed by atoms with Crippen molar-refractivity contribution in [3.8, 4) is 5.75 Å². The molecule has 162 valence electrons. The predicted molar refractivity (Wildman–Crippen MR) is 111 cm³/mol. The van der Waals surface area contributed by atoms with Crippen molar-refractivity contribution in [1.29, 1.82) is 0 Å². The number of hydrogen-bond acceptors (Lipinski definition) is 6. The van der Waals surface area contributed by atoms with Crippen LogP contribution in [0.1, 0.15) is 15.9 Å². The normalized spacial score (nSPS) is 15.2. The van der Waals surface area contributed by atoms with E-state index in [0.29, 0.717) is 35.1 Å². The highest BCUT2D eigenvalue weighted by atomic mass is 32.2. The van der Waals surface area contributed by atoms with Crippen LogP contribution in [0.3, 0.4) is 0 Å². The minimum Gasteiger partial charge on any atom is -0.496 e. The molecule has 0 saturated carbocycles. The third kappa shape index (κ3) is 5.11. The van der Waals surface area contributed by atoms with Crippen molar-refractivity contribution in [2.45, 2.75) is 11.1 Å². The smallest absolute Gasteiger partial charge is 0.416 e. The number of halogens is 3. The van der Waals surface area contributed by atoms with Crippen LogP contribution in [0, 0.1) is 0 Å². The molecule has 1 fully saturated rings. The number of alkyl halides is 3. The summed E-state index contributed by atoms with van der Waals surface area (Å²) >= 11 is 1.01. The minimum absolute atomic E-state index is 0.0587. The van der Waals surface area contributed by atoms with Gasteiger partial charge in [-0.1, -0.05) is 0 Å². The number of rotatable bonds is 6. The molecule has 0 radical (unpaired) electrons. The van der Waals surface area contributed by atoms with Crippen LogP contribution in [0.15, 0.2) is 41.3 Å². The molecule has 0 unspecified atom stereocenters. The lowest BCUT2D eigenvalue weighted by atomic mass is 10.1. The molecule has 0 atom stereocenters. The number of hydrogen-bond donors (Lipinski definition) is 2. The van der Waals surface area contributed by atoms with Crippen molar-refractivity contribution in [1.82, 2.24) is 4.90 Å². The zero-order valence-corrected chi connectivity index (χ0v) is 17.3. The van der Waals surface area contributed by atoms with Gasteiger partial charge in [0.2, 0.25) is 0 Å². The fraction of sp³-hybridized carbons (Fsp3) is 0.350. The maximum absolute atomic E-state index is 13.3. The summed E-state index contributed by atoms with van der Waals surface area (Å²) in [4.78, 5) is 15.9. The van der Waals surface area contributed by atoms with Gasteiger partial charge in [0.25, 0.3) is 0 Å². The molecule has 10 heteroatoms. The van der Waals surface area contributed by atoms with Crippen molar-refractivity contribution in [3.63, 3.8) is 0 Å². The van der Waals surface area contributed by atoms with Crippen molar-refractivity contribution in [2.24, 2.45) is 0 Å². The average Bonchev–Trinajstić information content (AvgIpc) is 2.71. The van der Waals surface area contributed by atoms with Gasteiger partial charge in [-0.15, -0.1) is 0 Å². The van der Waals surface area contributed by atoms with Crippen LogP contribution in [-0.4, -0.2) is 56.3 Å². The van der Waals surface area contributed by atoms with Crippen LogP contribution in [0.5, 0.6) is 5.75 Å². The molecule has 30 heavy (non-hydrogen) atoms. The first-order valence-corrected chi connectivity index (χ1v) is 9.99. The monoisotopic (exact) mass is 441 g/mol. The topological polar surface area (TPSA) is 65.0 Å². The van der Waals surface area contributed by atoms with Crippen LogP contribution < -0.4 is 14.4 Å². The first-order valence-electron chi connectivity index (χ1n) is 9.18. The lowest BCUT2D eigenvalue weighted by molar-refractivity contribution is -0.137. The van der Waals surface area contributed by atoms with Crippen LogP contribution in [-0.2, 0) is 6.18 Å². The van der Waals surface area contributed by atoms with Gasteiger partial charge in [0.05, 0.1) is 34.5 Å². The zero-order chi connectivity index (χ0) is 21.9. The van der Waals surface area contributed by atoms with Gasteiger partial charge < -0.3 is 24.4 Å². The zero-order valence-electron chi connectivity index (χ0n) is 16.5. The standard InChI is InChI=1S/C20H22F3N3O3S/c1-25-7-9-26(10-8-25)16-5-4-14(20(21,22)23)12-15(16)24-30-18-11-13(19(27)28)3-6-17(18)29-2/h3-6,11-12,24H,7-10H2,1-2H3,(H,27,28). The molecule has 1 aliphatic rings. The van der Waals surface area contributed by atoms with Gasteiger partial charge in [0.15, 0.2) is 0 Å². The molecule has 1 aliphatic heterocycles. The summed E-state index contributed by atoms with van der Waals surface area (Å²) < 4.78 is 48.1. The number of benzene rings is 2. The molecule has 1 saturated heterocycles. The highest BCUT2D eigenvalue weighted by Gasteiger charge is 2.32. The van der Waals surface area contributed by atoms with E-state index in [4.69, 9.17) is 4.74 Å². The van der Waals surface area contributed by atoms with Gasteiger partial charge in [0, 0.05) is 26.2 Å². The van der Waals surface area contributed by atoms with Gasteiger partial charge >= 0.3 is 12.1 Å². The Hall–Kier alpha value is -2.59. The van der Waals surface area contributed by atoms with E-state index in [1.165, 1.54) is 31.4 Å². The molecule has 1 heterocycles. The summed E-state index contributed by atoms with van der Waals surface area (Å²) in [5.74, 6) is -0.678. The number of nitrogens with zero attached hydrogens (tertiary/aromatic N) is 2. The number of anilines is 2. The fourth-order valence-corrected chi connectivity index (χ4v) is 3.94. The maximum Gasteiger partial charge on any atom is 0.416 e. The first-order chi connectivity index (χ1) is 14.2. The number of likely N-dealkylation sites (N-methyl/N-ethyl adjacent to an activating group) is 1. The first kappa shape index (κ1) is 22.1. The molecule has 2 aromatic rings. The molecule has 0 aliphatic carbocycles. The maximum atomic E-state index is 13.3. The van der Waals surface area contributed by atoms with Crippen LogP contribution in [0.2, 0.25) is 0 Å². The molecule has 0 amide bonds. The quantitative estimate of drug-likeness (QED) is 0.649. The summed E-state index contributed by atoms with van der Waals surface area (Å²) in [6.45, 7) is 3.00. The number of carboxylic acids is 1. The van der Waals surface area contributed by atoms with Gasteiger partial charge in [0.1, 0.15) is 5.75 Å². The van der Waals surface area contributed by atoms with E-state index in [2.05, 4.69) is 9.62 Å². The fourth-order valence-electron chi connectivity index (χ4n) is 3.12.